The Kier molecular flexibility index (Phi) is 4.08. The molecule has 0 unspecified atom stereocenters. The number of nitrogens with one attached hydrogen (secondary N) is 1. The molecule has 0 spiro atoms. The molecule has 106 valence electrons. The summed E-state index contributed by atoms with van der Waals surface area (Å²) in [4.78, 5) is 23.6. The van der Waals surface area contributed by atoms with Gasteiger partial charge in [0.2, 0.25) is 0 Å². The number of nitrogen functional groups attached to an aromatic ring is 1. The Balaban J connectivity index is 2.13. The number of anilines is 2. The van der Waals surface area contributed by atoms with Gasteiger partial charge in [-0.25, -0.2) is 0 Å². The highest BCUT2D eigenvalue weighted by atomic mass is 16.5. The van der Waals surface area contributed by atoms with Crippen molar-refractivity contribution in [2.45, 2.75) is 13.3 Å². The van der Waals surface area contributed by atoms with Crippen molar-refractivity contribution in [3.8, 4) is 0 Å². The summed E-state index contributed by atoms with van der Waals surface area (Å²) >= 11 is 0. The minimum Gasteiger partial charge on any atom is -0.468 e. The van der Waals surface area contributed by atoms with E-state index in [2.05, 4.69) is 10.1 Å². The zero-order valence-corrected chi connectivity index (χ0v) is 11.6. The van der Waals surface area contributed by atoms with Gasteiger partial charge in [-0.1, -0.05) is 6.92 Å². The van der Waals surface area contributed by atoms with E-state index in [0.29, 0.717) is 12.1 Å². The van der Waals surface area contributed by atoms with Crippen LogP contribution in [0.5, 0.6) is 0 Å². The molecule has 1 aliphatic rings. The maximum absolute atomic E-state index is 12.0. The largest absolute Gasteiger partial charge is 0.468 e. The molecule has 0 saturated carbocycles. The molecule has 0 aliphatic heterocycles. The minimum absolute atomic E-state index is 0.0868. The molecule has 1 aromatic rings. The van der Waals surface area contributed by atoms with Gasteiger partial charge in [-0.15, -0.1) is 0 Å². The number of hydrogen-bond acceptors (Lipinski definition) is 5. The maximum Gasteiger partial charge on any atom is 0.316 e. The molecule has 2 atom stereocenters. The van der Waals surface area contributed by atoms with E-state index in [1.807, 2.05) is 19.1 Å². The van der Waals surface area contributed by atoms with E-state index in [-0.39, 0.29) is 11.7 Å². The lowest BCUT2D eigenvalue weighted by molar-refractivity contribution is -0.150. The van der Waals surface area contributed by atoms with Crippen LogP contribution in [0.25, 0.3) is 0 Å². The van der Waals surface area contributed by atoms with E-state index in [0.717, 1.165) is 11.4 Å². The number of carbonyl (C=O) groups is 2. The zero-order chi connectivity index (χ0) is 14.7. The van der Waals surface area contributed by atoms with Crippen molar-refractivity contribution < 1.29 is 14.3 Å². The van der Waals surface area contributed by atoms with Gasteiger partial charge in [0, 0.05) is 23.1 Å². The van der Waals surface area contributed by atoms with Crippen molar-refractivity contribution >= 4 is 23.1 Å². The van der Waals surface area contributed by atoms with Gasteiger partial charge < -0.3 is 15.8 Å². The molecule has 0 amide bonds. The third-order valence-electron chi connectivity index (χ3n) is 3.40. The van der Waals surface area contributed by atoms with E-state index >= 15 is 0 Å². The number of rotatable bonds is 3. The number of hydrogen-bond donors (Lipinski definition) is 2. The number of carbonyl (C=O) groups excluding carboxylic acids is 2. The average Bonchev–Trinajstić information content (AvgIpc) is 2.40. The molecule has 5 nitrogen and oxygen atoms in total. The monoisotopic (exact) mass is 274 g/mol. The summed E-state index contributed by atoms with van der Waals surface area (Å²) in [6.07, 6.45) is 2.10. The summed E-state index contributed by atoms with van der Waals surface area (Å²) in [7, 11) is 1.30. The van der Waals surface area contributed by atoms with Crippen LogP contribution in [0.2, 0.25) is 0 Å². The number of ether oxygens (including phenoxy) is 1. The first kappa shape index (κ1) is 14.1. The topological polar surface area (TPSA) is 81.4 Å². The normalized spacial score (nSPS) is 22.1. The molecular formula is C15H18N2O3. The van der Waals surface area contributed by atoms with Gasteiger partial charge in [0.05, 0.1) is 7.11 Å². The molecule has 5 heteroatoms. The van der Waals surface area contributed by atoms with E-state index in [1.165, 1.54) is 13.2 Å². The molecular weight excluding hydrogens is 256 g/mol. The van der Waals surface area contributed by atoms with Crippen LogP contribution in [0.4, 0.5) is 11.4 Å². The van der Waals surface area contributed by atoms with Crippen molar-refractivity contribution in [2.75, 3.05) is 18.2 Å². The molecule has 0 heterocycles. The zero-order valence-electron chi connectivity index (χ0n) is 11.6. The summed E-state index contributed by atoms with van der Waals surface area (Å²) in [5, 5.41) is 3.18. The van der Waals surface area contributed by atoms with Crippen LogP contribution in [0, 0.1) is 11.8 Å². The molecule has 0 aromatic heterocycles. The van der Waals surface area contributed by atoms with Crippen LogP contribution < -0.4 is 11.1 Å². The number of nitrogens with two attached hydrogens (primary N) is 1. The van der Waals surface area contributed by atoms with Gasteiger partial charge in [-0.3, -0.25) is 9.59 Å². The van der Waals surface area contributed by atoms with Gasteiger partial charge in [0.1, 0.15) is 5.92 Å². The second kappa shape index (κ2) is 5.77. The lowest BCUT2D eigenvalue weighted by atomic mass is 9.82. The van der Waals surface area contributed by atoms with Crippen LogP contribution in [0.3, 0.4) is 0 Å². The van der Waals surface area contributed by atoms with Crippen LogP contribution in [-0.4, -0.2) is 18.9 Å². The second-order valence-electron chi connectivity index (χ2n) is 5.00. The number of esters is 1. The first-order valence-electron chi connectivity index (χ1n) is 6.46. The third-order valence-corrected chi connectivity index (χ3v) is 3.40. The third kappa shape index (κ3) is 2.99. The predicted molar refractivity (Wildman–Crippen MR) is 76.9 cm³/mol. The van der Waals surface area contributed by atoms with Crippen molar-refractivity contribution in [1.82, 2.24) is 0 Å². The molecule has 1 aliphatic carbocycles. The molecule has 20 heavy (non-hydrogen) atoms. The van der Waals surface area contributed by atoms with E-state index in [1.54, 1.807) is 12.1 Å². The Morgan fingerprint density at radius 3 is 2.55 bits per heavy atom. The Hall–Kier alpha value is -2.30. The summed E-state index contributed by atoms with van der Waals surface area (Å²) < 4.78 is 4.67. The van der Waals surface area contributed by atoms with Crippen LogP contribution in [-0.2, 0) is 14.3 Å². The first-order valence-corrected chi connectivity index (χ1v) is 6.46. The molecule has 0 saturated heterocycles. The van der Waals surface area contributed by atoms with Crippen LogP contribution >= 0.6 is 0 Å². The van der Waals surface area contributed by atoms with Crippen molar-refractivity contribution in [3.05, 3.63) is 36.0 Å². The number of methoxy groups -OCH3 is 1. The fraction of sp³-hybridized carbons (Fsp3) is 0.333. The highest BCUT2D eigenvalue weighted by molar-refractivity contribution is 6.06. The fourth-order valence-electron chi connectivity index (χ4n) is 2.38. The highest BCUT2D eigenvalue weighted by Gasteiger charge is 2.35. The second-order valence-corrected chi connectivity index (χ2v) is 5.00. The number of ketones is 1. The highest BCUT2D eigenvalue weighted by Crippen LogP contribution is 2.29. The van der Waals surface area contributed by atoms with Crippen molar-refractivity contribution in [3.63, 3.8) is 0 Å². The van der Waals surface area contributed by atoms with Crippen LogP contribution in [0.15, 0.2) is 36.0 Å². The van der Waals surface area contributed by atoms with E-state index in [4.69, 9.17) is 5.73 Å². The molecule has 0 radical (unpaired) electrons. The number of allylic oxidation sites excluding steroid dienone is 2. The maximum atomic E-state index is 12.0. The summed E-state index contributed by atoms with van der Waals surface area (Å²) in [6, 6.07) is 7.26. The Morgan fingerprint density at radius 1 is 1.35 bits per heavy atom. The molecule has 3 N–H and O–H groups in total. The first-order chi connectivity index (χ1) is 9.51. The lowest BCUT2D eigenvalue weighted by Crippen LogP contribution is -2.34. The van der Waals surface area contributed by atoms with Crippen molar-refractivity contribution in [2.24, 2.45) is 11.8 Å². The van der Waals surface area contributed by atoms with Gasteiger partial charge in [-0.2, -0.15) is 0 Å². The van der Waals surface area contributed by atoms with Crippen molar-refractivity contribution in [1.29, 1.82) is 0 Å². The van der Waals surface area contributed by atoms with Gasteiger partial charge in [0.25, 0.3) is 0 Å². The van der Waals surface area contributed by atoms with Gasteiger partial charge in [-0.05, 0) is 36.6 Å². The minimum atomic E-state index is -0.697. The van der Waals surface area contributed by atoms with E-state index < -0.39 is 11.9 Å². The molecule has 0 bridgehead atoms. The Labute approximate surface area is 117 Å². The summed E-state index contributed by atoms with van der Waals surface area (Å²) in [5.41, 5.74) is 7.97. The lowest BCUT2D eigenvalue weighted by Gasteiger charge is -2.26. The Bertz CT molecular complexity index is 549. The SMILES string of the molecule is COC(=O)[C@@H]1C(=O)C=C(Nc2ccc(N)cc2)C[C@H]1C. The fourth-order valence-corrected chi connectivity index (χ4v) is 2.38. The quantitative estimate of drug-likeness (QED) is 0.500. The van der Waals surface area contributed by atoms with Gasteiger partial charge >= 0.3 is 5.97 Å². The summed E-state index contributed by atoms with van der Waals surface area (Å²) in [6.45, 7) is 1.87. The Morgan fingerprint density at radius 2 is 2.00 bits per heavy atom. The standard InChI is InChI=1S/C15H18N2O3/c1-9-7-12(8-13(18)14(9)15(19)20-2)17-11-5-3-10(16)4-6-11/h3-6,8-9,14,17H,7,16H2,1-2H3/t9-,14+/m1/s1. The smallest absolute Gasteiger partial charge is 0.316 e. The molecule has 1 aromatic carbocycles. The predicted octanol–water partition coefficient (Wildman–Crippen LogP) is 1.96. The van der Waals surface area contributed by atoms with Gasteiger partial charge in [0.15, 0.2) is 5.78 Å². The van der Waals surface area contributed by atoms with Crippen LogP contribution in [0.1, 0.15) is 13.3 Å². The number of benzene rings is 1. The average molecular weight is 274 g/mol. The summed E-state index contributed by atoms with van der Waals surface area (Å²) in [5.74, 6) is -1.47. The molecule has 2 rings (SSSR count). The van der Waals surface area contributed by atoms with E-state index in [9.17, 15) is 9.59 Å². The molecule has 0 fully saturated rings.